The van der Waals surface area contributed by atoms with E-state index < -0.39 is 0 Å². The highest BCUT2D eigenvalue weighted by atomic mass is 32.1. The molecule has 1 rings (SSSR count). The monoisotopic (exact) mass is 228 g/mol. The van der Waals surface area contributed by atoms with E-state index in [1.165, 1.54) is 11.3 Å². The minimum atomic E-state index is -0.388. The third kappa shape index (κ3) is 3.99. The number of primary amides is 1. The predicted octanol–water partition coefficient (Wildman–Crippen LogP) is 0.707. The molecule has 1 unspecified atom stereocenters. The van der Waals surface area contributed by atoms with Crippen molar-refractivity contribution in [1.29, 1.82) is 0 Å². The maximum atomic E-state index is 10.8. The molecular weight excluding hydrogens is 212 g/mol. The van der Waals surface area contributed by atoms with Crippen LogP contribution in [-0.4, -0.2) is 23.7 Å². The quantitative estimate of drug-likeness (QED) is 0.671. The molecule has 1 atom stereocenters. The summed E-state index contributed by atoms with van der Waals surface area (Å²) in [6, 6.07) is 2.07. The lowest BCUT2D eigenvalue weighted by atomic mass is 10.2. The summed E-state index contributed by atoms with van der Waals surface area (Å²) >= 11 is 1.51. The van der Waals surface area contributed by atoms with Crippen LogP contribution >= 0.6 is 11.3 Å². The van der Waals surface area contributed by atoms with Crippen molar-refractivity contribution < 1.29 is 9.90 Å². The van der Waals surface area contributed by atoms with Crippen molar-refractivity contribution in [2.75, 3.05) is 6.61 Å². The molecule has 0 aliphatic heterocycles. The first-order valence-electron chi connectivity index (χ1n) is 4.85. The number of nitrogens with one attached hydrogen (secondary N) is 1. The largest absolute Gasteiger partial charge is 0.396 e. The second-order valence-corrected chi connectivity index (χ2v) is 4.46. The van der Waals surface area contributed by atoms with E-state index >= 15 is 0 Å². The van der Waals surface area contributed by atoms with Crippen LogP contribution in [0, 0.1) is 0 Å². The summed E-state index contributed by atoms with van der Waals surface area (Å²) < 4.78 is 0. The molecule has 0 aliphatic carbocycles. The Morgan fingerprint density at radius 1 is 1.73 bits per heavy atom. The highest BCUT2D eigenvalue weighted by Crippen LogP contribution is 2.14. The number of hydrogen-bond donors (Lipinski definition) is 3. The smallest absolute Gasteiger partial charge is 0.249 e. The van der Waals surface area contributed by atoms with Crippen molar-refractivity contribution in [3.8, 4) is 0 Å². The fraction of sp³-hybridized carbons (Fsp3) is 0.500. The van der Waals surface area contributed by atoms with Crippen molar-refractivity contribution in [3.05, 3.63) is 21.9 Å². The molecule has 0 bridgehead atoms. The maximum Gasteiger partial charge on any atom is 0.249 e. The van der Waals surface area contributed by atoms with Crippen LogP contribution in [-0.2, 0) is 6.54 Å². The Morgan fingerprint density at radius 2 is 2.47 bits per heavy atom. The number of hydrogen-bond acceptors (Lipinski definition) is 4. The Labute approximate surface area is 93.1 Å². The predicted molar refractivity (Wildman–Crippen MR) is 60.8 cm³/mol. The van der Waals surface area contributed by atoms with Gasteiger partial charge in [-0.05, 0) is 19.4 Å². The Kier molecular flexibility index (Phi) is 4.74. The molecule has 4 N–H and O–H groups in total. The molecule has 15 heavy (non-hydrogen) atoms. The maximum absolute atomic E-state index is 10.8. The van der Waals surface area contributed by atoms with Gasteiger partial charge in [-0.2, -0.15) is 0 Å². The van der Waals surface area contributed by atoms with Crippen molar-refractivity contribution in [2.24, 2.45) is 5.73 Å². The highest BCUT2D eigenvalue weighted by Gasteiger charge is 2.05. The fourth-order valence-electron chi connectivity index (χ4n) is 1.17. The number of thiophene rings is 1. The summed E-state index contributed by atoms with van der Waals surface area (Å²) in [4.78, 5) is 11.9. The lowest BCUT2D eigenvalue weighted by Crippen LogP contribution is -2.25. The van der Waals surface area contributed by atoms with E-state index in [9.17, 15) is 4.79 Å². The Morgan fingerprint density at radius 3 is 3.00 bits per heavy atom. The third-order valence-electron chi connectivity index (χ3n) is 2.13. The second kappa shape index (κ2) is 5.85. The zero-order valence-corrected chi connectivity index (χ0v) is 9.51. The summed E-state index contributed by atoms with van der Waals surface area (Å²) in [5.74, 6) is -0.388. The topological polar surface area (TPSA) is 75.3 Å². The number of amides is 1. The van der Waals surface area contributed by atoms with Crippen LogP contribution in [0.15, 0.2) is 11.4 Å². The zero-order chi connectivity index (χ0) is 11.3. The van der Waals surface area contributed by atoms with Crippen molar-refractivity contribution >= 4 is 17.2 Å². The van der Waals surface area contributed by atoms with Gasteiger partial charge in [0.15, 0.2) is 0 Å². The second-order valence-electron chi connectivity index (χ2n) is 3.46. The molecule has 5 heteroatoms. The van der Waals surface area contributed by atoms with E-state index in [1.807, 2.05) is 6.92 Å². The highest BCUT2D eigenvalue weighted by molar-refractivity contribution is 7.10. The van der Waals surface area contributed by atoms with Gasteiger partial charge in [0.25, 0.3) is 0 Å². The summed E-state index contributed by atoms with van der Waals surface area (Å²) in [6.45, 7) is 2.91. The molecule has 84 valence electrons. The van der Waals surface area contributed by atoms with Gasteiger partial charge in [-0.3, -0.25) is 4.79 Å². The minimum absolute atomic E-state index is 0.186. The van der Waals surface area contributed by atoms with Crippen LogP contribution in [0.4, 0.5) is 0 Å². The number of aliphatic hydroxyl groups is 1. The van der Waals surface area contributed by atoms with Gasteiger partial charge in [0.05, 0.1) is 5.56 Å². The first kappa shape index (κ1) is 12.2. The molecular formula is C10H16N2O2S. The zero-order valence-electron chi connectivity index (χ0n) is 8.69. The van der Waals surface area contributed by atoms with Crippen LogP contribution in [0.5, 0.6) is 0 Å². The van der Waals surface area contributed by atoms with Gasteiger partial charge < -0.3 is 16.2 Å². The molecule has 4 nitrogen and oxygen atoms in total. The van der Waals surface area contributed by atoms with Crippen LogP contribution < -0.4 is 11.1 Å². The van der Waals surface area contributed by atoms with E-state index in [2.05, 4.69) is 5.32 Å². The standard InChI is InChI=1S/C10H16N2O2S/c1-7(2-3-13)12-5-9-4-8(6-15-9)10(11)14/h4,6-7,12-13H,2-3,5H2,1H3,(H2,11,14). The number of carbonyl (C=O) groups is 1. The molecule has 1 amide bonds. The van der Waals surface area contributed by atoms with E-state index in [1.54, 1.807) is 11.4 Å². The number of aliphatic hydroxyl groups excluding tert-OH is 1. The Hall–Kier alpha value is -0.910. The van der Waals surface area contributed by atoms with E-state index in [0.29, 0.717) is 12.1 Å². The van der Waals surface area contributed by atoms with Gasteiger partial charge >= 0.3 is 0 Å². The lowest BCUT2D eigenvalue weighted by Gasteiger charge is -2.10. The van der Waals surface area contributed by atoms with Crippen LogP contribution in [0.3, 0.4) is 0 Å². The molecule has 0 aromatic carbocycles. The molecule has 0 aliphatic rings. The minimum Gasteiger partial charge on any atom is -0.396 e. The molecule has 1 heterocycles. The van der Waals surface area contributed by atoms with Gasteiger partial charge in [0.2, 0.25) is 5.91 Å². The molecule has 1 aromatic rings. The lowest BCUT2D eigenvalue weighted by molar-refractivity contribution is 0.100. The molecule has 0 radical (unpaired) electrons. The van der Waals surface area contributed by atoms with Crippen molar-refractivity contribution in [1.82, 2.24) is 5.32 Å². The van der Waals surface area contributed by atoms with Crippen LogP contribution in [0.2, 0.25) is 0 Å². The summed E-state index contributed by atoms with van der Waals surface area (Å²) in [5.41, 5.74) is 5.71. The van der Waals surface area contributed by atoms with Crippen molar-refractivity contribution in [2.45, 2.75) is 25.9 Å². The number of rotatable bonds is 6. The average Bonchev–Trinajstić information content (AvgIpc) is 2.63. The Bertz CT molecular complexity index is 325. The SMILES string of the molecule is CC(CCO)NCc1cc(C(N)=O)cs1. The van der Waals surface area contributed by atoms with E-state index in [-0.39, 0.29) is 18.6 Å². The normalized spacial score (nSPS) is 12.7. The van der Waals surface area contributed by atoms with Gasteiger partial charge in [0.1, 0.15) is 0 Å². The van der Waals surface area contributed by atoms with E-state index in [4.69, 9.17) is 10.8 Å². The van der Waals surface area contributed by atoms with Gasteiger partial charge in [0, 0.05) is 29.5 Å². The number of carbonyl (C=O) groups excluding carboxylic acids is 1. The number of nitrogens with two attached hydrogens (primary N) is 1. The summed E-state index contributed by atoms with van der Waals surface area (Å²) in [7, 11) is 0. The fourth-order valence-corrected chi connectivity index (χ4v) is 2.00. The average molecular weight is 228 g/mol. The summed E-state index contributed by atoms with van der Waals surface area (Å²) in [6.07, 6.45) is 0.730. The third-order valence-corrected chi connectivity index (χ3v) is 3.06. The van der Waals surface area contributed by atoms with Gasteiger partial charge in [-0.25, -0.2) is 0 Å². The first-order valence-corrected chi connectivity index (χ1v) is 5.73. The van der Waals surface area contributed by atoms with Crippen LogP contribution in [0.1, 0.15) is 28.6 Å². The molecule has 0 saturated heterocycles. The molecule has 0 saturated carbocycles. The Balaban J connectivity index is 2.40. The first-order chi connectivity index (χ1) is 7.13. The summed E-state index contributed by atoms with van der Waals surface area (Å²) in [5, 5.41) is 13.7. The molecule has 0 spiro atoms. The molecule has 0 fully saturated rings. The van der Waals surface area contributed by atoms with Gasteiger partial charge in [-0.15, -0.1) is 11.3 Å². The van der Waals surface area contributed by atoms with Crippen molar-refractivity contribution in [3.63, 3.8) is 0 Å². The molecule has 1 aromatic heterocycles. The van der Waals surface area contributed by atoms with E-state index in [0.717, 1.165) is 11.3 Å². The van der Waals surface area contributed by atoms with Gasteiger partial charge in [-0.1, -0.05) is 0 Å². The van der Waals surface area contributed by atoms with Crippen LogP contribution in [0.25, 0.3) is 0 Å².